The molecule has 1 N–H and O–H groups in total. The minimum atomic E-state index is -0.379. The van der Waals surface area contributed by atoms with Crippen LogP contribution in [0.1, 0.15) is 20.3 Å². The molecule has 0 bridgehead atoms. The molecule has 0 aliphatic carbocycles. The Morgan fingerprint density at radius 1 is 1.38 bits per heavy atom. The second-order valence-corrected chi connectivity index (χ2v) is 3.43. The van der Waals surface area contributed by atoms with Gasteiger partial charge in [-0.05, 0) is 25.5 Å². The summed E-state index contributed by atoms with van der Waals surface area (Å²) in [6, 6.07) is 6.02. The second-order valence-electron chi connectivity index (χ2n) is 3.43. The lowest BCUT2D eigenvalue weighted by molar-refractivity contribution is 0.246. The number of hydrogen-bond acceptors (Lipinski definition) is 1. The van der Waals surface area contributed by atoms with Crippen molar-refractivity contribution in [3.05, 3.63) is 30.1 Å². The quantitative estimate of drug-likeness (QED) is 0.838. The molecule has 4 heteroatoms. The lowest BCUT2D eigenvalue weighted by Crippen LogP contribution is -2.40. The summed E-state index contributed by atoms with van der Waals surface area (Å²) in [5.41, 5.74) is 0.318. The first-order valence-corrected chi connectivity index (χ1v) is 5.50. The van der Waals surface area contributed by atoms with Crippen molar-refractivity contribution in [2.45, 2.75) is 20.3 Å². The molecular weight excluding hydrogens is 207 g/mol. The topological polar surface area (TPSA) is 32.3 Å². The van der Waals surface area contributed by atoms with Crippen LogP contribution in [0.25, 0.3) is 0 Å². The maximum Gasteiger partial charge on any atom is 0.321 e. The maximum atomic E-state index is 13.5. The number of nitrogens with one attached hydrogen (secondary N) is 1. The number of benzene rings is 1. The molecule has 0 saturated heterocycles. The molecule has 0 heterocycles. The van der Waals surface area contributed by atoms with Crippen molar-refractivity contribution in [2.24, 2.45) is 0 Å². The number of anilines is 1. The summed E-state index contributed by atoms with van der Waals surface area (Å²) >= 11 is 0. The molecule has 2 amide bonds. The van der Waals surface area contributed by atoms with Crippen molar-refractivity contribution < 1.29 is 9.18 Å². The van der Waals surface area contributed by atoms with Crippen LogP contribution in [-0.4, -0.2) is 19.1 Å². The summed E-state index contributed by atoms with van der Waals surface area (Å²) in [7, 11) is 0. The predicted octanol–water partition coefficient (Wildman–Crippen LogP) is 2.77. The first-order valence-electron chi connectivity index (χ1n) is 5.50. The number of nitrogens with zero attached hydrogens (tertiary/aromatic N) is 1. The number of halogens is 1. The number of amides is 2. The van der Waals surface area contributed by atoms with Crippen LogP contribution in [0.2, 0.25) is 0 Å². The van der Waals surface area contributed by atoms with E-state index in [0.29, 0.717) is 18.8 Å². The fourth-order valence-corrected chi connectivity index (χ4v) is 1.42. The minimum absolute atomic E-state index is 0.255. The molecule has 0 fully saturated rings. The summed E-state index contributed by atoms with van der Waals surface area (Å²) in [6.07, 6.45) is 0.862. The predicted molar refractivity (Wildman–Crippen MR) is 63.1 cm³/mol. The molecule has 0 unspecified atom stereocenters. The van der Waals surface area contributed by atoms with E-state index in [1.54, 1.807) is 18.2 Å². The Kier molecular flexibility index (Phi) is 4.76. The standard InChI is InChI=1S/C12H17FN2O/c1-3-9-14-12(16)15(4-2)11-8-6-5-7-10(11)13/h5-8H,3-4,9H2,1-2H3,(H,14,16). The number of carbonyl (C=O) groups excluding carboxylic acids is 1. The van der Waals surface area contributed by atoms with E-state index in [0.717, 1.165) is 6.42 Å². The van der Waals surface area contributed by atoms with Crippen LogP contribution in [-0.2, 0) is 0 Å². The number of carbonyl (C=O) groups is 1. The van der Waals surface area contributed by atoms with E-state index in [4.69, 9.17) is 0 Å². The summed E-state index contributed by atoms with van der Waals surface area (Å²) < 4.78 is 13.5. The zero-order valence-electron chi connectivity index (χ0n) is 9.66. The van der Waals surface area contributed by atoms with Crippen LogP contribution < -0.4 is 10.2 Å². The summed E-state index contributed by atoms with van der Waals surface area (Å²) in [5, 5.41) is 2.73. The molecule has 0 atom stereocenters. The SMILES string of the molecule is CCCNC(=O)N(CC)c1ccccc1F. The third kappa shape index (κ3) is 2.95. The average molecular weight is 224 g/mol. The fraction of sp³-hybridized carbons (Fsp3) is 0.417. The van der Waals surface area contributed by atoms with Crippen molar-refractivity contribution in [3.8, 4) is 0 Å². The lowest BCUT2D eigenvalue weighted by Gasteiger charge is -2.21. The molecular formula is C12H17FN2O. The average Bonchev–Trinajstić information content (AvgIpc) is 2.30. The van der Waals surface area contributed by atoms with Gasteiger partial charge in [0.1, 0.15) is 5.82 Å². The summed E-state index contributed by atoms with van der Waals surface area (Å²) in [4.78, 5) is 13.1. The smallest absolute Gasteiger partial charge is 0.321 e. The van der Waals surface area contributed by atoms with Gasteiger partial charge in [-0.15, -0.1) is 0 Å². The molecule has 0 aliphatic heterocycles. The van der Waals surface area contributed by atoms with Gasteiger partial charge in [0.05, 0.1) is 5.69 Å². The number of hydrogen-bond donors (Lipinski definition) is 1. The fourth-order valence-electron chi connectivity index (χ4n) is 1.42. The molecule has 1 aromatic carbocycles. The molecule has 88 valence electrons. The Morgan fingerprint density at radius 2 is 2.06 bits per heavy atom. The number of urea groups is 1. The van der Waals surface area contributed by atoms with Crippen LogP contribution in [0.3, 0.4) is 0 Å². The Balaban J connectivity index is 2.82. The zero-order chi connectivity index (χ0) is 12.0. The summed E-state index contributed by atoms with van der Waals surface area (Å²) in [5.74, 6) is -0.379. The molecule has 0 spiro atoms. The normalized spacial score (nSPS) is 9.94. The van der Waals surface area contributed by atoms with E-state index in [9.17, 15) is 9.18 Å². The van der Waals surface area contributed by atoms with Crippen molar-refractivity contribution in [3.63, 3.8) is 0 Å². The third-order valence-electron chi connectivity index (χ3n) is 2.23. The van der Waals surface area contributed by atoms with Gasteiger partial charge in [-0.25, -0.2) is 9.18 Å². The van der Waals surface area contributed by atoms with Crippen LogP contribution in [0.4, 0.5) is 14.9 Å². The van der Waals surface area contributed by atoms with E-state index in [1.807, 2.05) is 13.8 Å². The van der Waals surface area contributed by atoms with Crippen LogP contribution in [0, 0.1) is 5.82 Å². The van der Waals surface area contributed by atoms with E-state index < -0.39 is 0 Å². The van der Waals surface area contributed by atoms with Gasteiger partial charge in [0.15, 0.2) is 0 Å². The highest BCUT2D eigenvalue weighted by Gasteiger charge is 2.15. The number of rotatable bonds is 4. The van der Waals surface area contributed by atoms with Gasteiger partial charge in [0.2, 0.25) is 0 Å². The molecule has 0 saturated carbocycles. The van der Waals surface area contributed by atoms with Crippen LogP contribution in [0.15, 0.2) is 24.3 Å². The number of para-hydroxylation sites is 1. The largest absolute Gasteiger partial charge is 0.338 e. The molecule has 0 aliphatic rings. The highest BCUT2D eigenvalue weighted by molar-refractivity contribution is 5.91. The zero-order valence-corrected chi connectivity index (χ0v) is 9.66. The maximum absolute atomic E-state index is 13.5. The van der Waals surface area contributed by atoms with Crippen molar-refractivity contribution >= 4 is 11.7 Å². The van der Waals surface area contributed by atoms with Crippen LogP contribution >= 0.6 is 0 Å². The van der Waals surface area contributed by atoms with Gasteiger partial charge in [-0.1, -0.05) is 19.1 Å². The molecule has 16 heavy (non-hydrogen) atoms. The lowest BCUT2D eigenvalue weighted by atomic mass is 10.3. The van der Waals surface area contributed by atoms with Gasteiger partial charge in [-0.2, -0.15) is 0 Å². The van der Waals surface area contributed by atoms with Gasteiger partial charge in [0, 0.05) is 13.1 Å². The molecule has 3 nitrogen and oxygen atoms in total. The molecule has 1 aromatic rings. The Bertz CT molecular complexity index is 355. The van der Waals surface area contributed by atoms with Crippen LogP contribution in [0.5, 0.6) is 0 Å². The highest BCUT2D eigenvalue weighted by Crippen LogP contribution is 2.18. The van der Waals surface area contributed by atoms with E-state index in [1.165, 1.54) is 11.0 Å². The minimum Gasteiger partial charge on any atom is -0.338 e. The van der Waals surface area contributed by atoms with E-state index in [-0.39, 0.29) is 11.8 Å². The van der Waals surface area contributed by atoms with E-state index >= 15 is 0 Å². The van der Waals surface area contributed by atoms with Crippen molar-refractivity contribution in [1.29, 1.82) is 0 Å². The third-order valence-corrected chi connectivity index (χ3v) is 2.23. The van der Waals surface area contributed by atoms with Gasteiger partial charge < -0.3 is 5.32 Å². The van der Waals surface area contributed by atoms with Crippen molar-refractivity contribution in [2.75, 3.05) is 18.0 Å². The Labute approximate surface area is 95.3 Å². The first-order chi connectivity index (χ1) is 7.70. The molecule has 0 radical (unpaired) electrons. The van der Waals surface area contributed by atoms with Gasteiger partial charge in [0.25, 0.3) is 0 Å². The first kappa shape index (κ1) is 12.5. The monoisotopic (exact) mass is 224 g/mol. The molecule has 1 rings (SSSR count). The highest BCUT2D eigenvalue weighted by atomic mass is 19.1. The van der Waals surface area contributed by atoms with Gasteiger partial charge >= 0.3 is 6.03 Å². The summed E-state index contributed by atoms with van der Waals surface area (Å²) in [6.45, 7) is 4.83. The Hall–Kier alpha value is -1.58. The van der Waals surface area contributed by atoms with Crippen molar-refractivity contribution in [1.82, 2.24) is 5.32 Å². The Morgan fingerprint density at radius 3 is 2.62 bits per heavy atom. The van der Waals surface area contributed by atoms with Gasteiger partial charge in [-0.3, -0.25) is 4.90 Å². The van der Waals surface area contributed by atoms with E-state index in [2.05, 4.69) is 5.32 Å². The molecule has 0 aromatic heterocycles. The second kappa shape index (κ2) is 6.10.